The van der Waals surface area contributed by atoms with Crippen molar-refractivity contribution < 1.29 is 63.0 Å². The number of rotatable bonds is 43. The van der Waals surface area contributed by atoms with E-state index in [9.17, 15) is 57.8 Å². The van der Waals surface area contributed by atoms with Gasteiger partial charge in [-0.05, 0) is 124 Å². The summed E-state index contributed by atoms with van der Waals surface area (Å²) >= 11 is 0. The maximum absolute atomic E-state index is 14.6. The fourth-order valence-electron chi connectivity index (χ4n) is 10.3. The van der Waals surface area contributed by atoms with Gasteiger partial charge >= 0.3 is 0 Å². The van der Waals surface area contributed by atoms with Gasteiger partial charge in [-0.15, -0.1) is 0 Å². The average Bonchev–Trinajstić information content (AvgIpc) is 3.31. The molecule has 24 nitrogen and oxygen atoms in total. The number of unbranched alkanes of at least 4 members (excludes halogenated alkanes) is 3. The SMILES string of the molecule is CCCCCCC(C)C[C@H](NC(=O)C(C)(C)NC(=O)C(C)(C)NC(=O)[C@H](CC(C)C[C@H](O)CC(=O)CC)NC(=O)[C@@H]1CCCN1C(=O)CCC)C(=O)N[C@@H](CC(C)C)C(=O)NC(C)(C)C(=O)N[C@@H](CC(C)C)C(=O)NCCC(=O)NC(C)CNCCO. The van der Waals surface area contributed by atoms with Crippen LogP contribution in [0.15, 0.2) is 0 Å². The molecule has 1 aliphatic heterocycles. The van der Waals surface area contributed by atoms with Crippen molar-refractivity contribution in [2.24, 2.45) is 23.7 Å². The van der Waals surface area contributed by atoms with Gasteiger partial charge in [-0.1, -0.05) is 94.4 Å². The second-order valence-corrected chi connectivity index (χ2v) is 26.7. The molecule has 1 rings (SSSR count). The number of likely N-dealkylation sites (tertiary alicyclic amines) is 1. The van der Waals surface area contributed by atoms with Crippen LogP contribution in [0.5, 0.6) is 0 Å². The van der Waals surface area contributed by atoms with E-state index in [2.05, 4.69) is 60.1 Å². The Hall–Kier alpha value is -5.75. The second kappa shape index (κ2) is 39.3. The molecule has 1 fully saturated rings. The van der Waals surface area contributed by atoms with Gasteiger partial charge in [0, 0.05) is 57.9 Å². The van der Waals surface area contributed by atoms with Crippen LogP contribution in [0.2, 0.25) is 0 Å². The van der Waals surface area contributed by atoms with E-state index in [1.165, 1.54) is 46.4 Å². The van der Waals surface area contributed by atoms with Crippen LogP contribution in [0.1, 0.15) is 220 Å². The number of nitrogens with one attached hydrogen (secondary N) is 10. The fraction of sp³-hybridized carbons (Fsp3) is 0.825. The maximum atomic E-state index is 14.6. The third-order valence-corrected chi connectivity index (χ3v) is 15.4. The number of aliphatic hydroxyl groups is 2. The number of nitrogens with zero attached hydrogens (tertiary/aromatic N) is 1. The standard InChI is InChI=1S/C63H115N11O13/c1-17-20-21-22-25-41(8)35-48(54(81)67-47(33-40(6)7)55(82)71-61(11,12)58(85)69-46(32-39(4)5)53(80)65-28-27-51(78)66-43(10)38-64-29-31-75)70-59(86)62(13,14)73-60(87)63(15,16)72-56(83)49(36-42(9)34-45(77)37-44(76)19-3)68-57(84)50-26-23-30-74(50)52(79)24-18-2/h39-43,45-50,64,75,77H,17-38H2,1-16H3,(H,65,80)(H,66,78)(H,67,81)(H,68,84)(H,69,85)(H,70,86)(H,71,82)(H,72,83)(H,73,87)/t41?,42?,43?,45-,46-,47-,48-,49-,50-/m0/s1. The molecule has 3 unspecified atom stereocenters. The molecule has 0 aromatic rings. The summed E-state index contributed by atoms with van der Waals surface area (Å²) < 4.78 is 0. The number of ketones is 1. The van der Waals surface area contributed by atoms with Crippen LogP contribution in [0.4, 0.5) is 0 Å². The Labute approximate surface area is 519 Å². The van der Waals surface area contributed by atoms with Gasteiger partial charge in [0.05, 0.1) is 12.7 Å². The molecule has 0 aromatic carbocycles. The molecule has 0 aliphatic carbocycles. The molecule has 0 saturated carbocycles. The number of carbonyl (C=O) groups excluding carboxylic acids is 11. The molecule has 1 heterocycles. The van der Waals surface area contributed by atoms with Crippen LogP contribution in [0.3, 0.4) is 0 Å². The maximum Gasteiger partial charge on any atom is 0.246 e. The summed E-state index contributed by atoms with van der Waals surface area (Å²) in [4.78, 5) is 152. The predicted octanol–water partition coefficient (Wildman–Crippen LogP) is 3.23. The lowest BCUT2D eigenvalue weighted by molar-refractivity contribution is -0.141. The van der Waals surface area contributed by atoms with Gasteiger partial charge in [-0.25, -0.2) is 0 Å². The Kier molecular flexibility index (Phi) is 35.8. The minimum atomic E-state index is -1.71. The van der Waals surface area contributed by atoms with E-state index in [0.717, 1.165) is 32.1 Å². The highest BCUT2D eigenvalue weighted by Gasteiger charge is 2.42. The summed E-state index contributed by atoms with van der Waals surface area (Å²) in [6, 6.07) is -5.68. The van der Waals surface area contributed by atoms with Crippen molar-refractivity contribution >= 4 is 64.9 Å². The van der Waals surface area contributed by atoms with Crippen LogP contribution < -0.4 is 53.2 Å². The Morgan fingerprint density at radius 1 is 0.552 bits per heavy atom. The van der Waals surface area contributed by atoms with Crippen molar-refractivity contribution in [1.29, 1.82) is 0 Å². The molecule has 1 saturated heterocycles. The van der Waals surface area contributed by atoms with E-state index < -0.39 is 106 Å². The first kappa shape index (κ1) is 79.3. The van der Waals surface area contributed by atoms with Gasteiger partial charge in [-0.2, -0.15) is 0 Å². The van der Waals surface area contributed by atoms with E-state index in [0.29, 0.717) is 38.9 Å². The molecule has 1 aliphatic rings. The minimum absolute atomic E-state index is 0.000749. The van der Waals surface area contributed by atoms with E-state index in [1.807, 2.05) is 41.5 Å². The summed E-state index contributed by atoms with van der Waals surface area (Å²) in [6.45, 7) is 28.5. The van der Waals surface area contributed by atoms with Crippen molar-refractivity contribution in [3.8, 4) is 0 Å². The van der Waals surface area contributed by atoms with Crippen molar-refractivity contribution in [2.45, 2.75) is 279 Å². The molecule has 0 radical (unpaired) electrons. The quantitative estimate of drug-likeness (QED) is 0.0390. The highest BCUT2D eigenvalue weighted by atomic mass is 16.3. The molecular formula is C63H115N11O13. The van der Waals surface area contributed by atoms with Crippen molar-refractivity contribution in [3.63, 3.8) is 0 Å². The Morgan fingerprint density at radius 3 is 1.62 bits per heavy atom. The van der Waals surface area contributed by atoms with Gasteiger partial charge in [0.15, 0.2) is 0 Å². The number of hydrogen-bond donors (Lipinski definition) is 12. The first-order valence-corrected chi connectivity index (χ1v) is 32.1. The first-order chi connectivity index (χ1) is 40.5. The van der Waals surface area contributed by atoms with E-state index in [1.54, 1.807) is 20.8 Å². The van der Waals surface area contributed by atoms with Crippen molar-refractivity contribution in [1.82, 2.24) is 58.1 Å². The van der Waals surface area contributed by atoms with Gasteiger partial charge in [0.1, 0.15) is 52.6 Å². The number of aliphatic hydroxyl groups excluding tert-OH is 2. The summed E-state index contributed by atoms with van der Waals surface area (Å²) in [5, 5.41) is 47.8. The summed E-state index contributed by atoms with van der Waals surface area (Å²) in [5.41, 5.74) is -5.03. The molecule has 9 atom stereocenters. The number of hydrogen-bond acceptors (Lipinski definition) is 14. The molecular weight excluding hydrogens is 1120 g/mol. The van der Waals surface area contributed by atoms with E-state index in [-0.39, 0.29) is 112 Å². The zero-order valence-corrected chi connectivity index (χ0v) is 55.7. The van der Waals surface area contributed by atoms with Crippen LogP contribution in [0.25, 0.3) is 0 Å². The fourth-order valence-corrected chi connectivity index (χ4v) is 10.3. The number of Topliss-reactive ketones (excluding diaryl/α,β-unsaturated/α-hetero) is 1. The molecule has 87 heavy (non-hydrogen) atoms. The topological polar surface area (TPSA) is 352 Å². The van der Waals surface area contributed by atoms with Crippen molar-refractivity contribution in [3.05, 3.63) is 0 Å². The Bertz CT molecular complexity index is 2240. The van der Waals surface area contributed by atoms with E-state index in [4.69, 9.17) is 5.11 Å². The zero-order valence-electron chi connectivity index (χ0n) is 55.7. The van der Waals surface area contributed by atoms with Crippen LogP contribution in [-0.4, -0.2) is 172 Å². The predicted molar refractivity (Wildman–Crippen MR) is 335 cm³/mol. The molecule has 0 aromatic heterocycles. The van der Waals surface area contributed by atoms with Gasteiger partial charge in [0.25, 0.3) is 0 Å². The third kappa shape index (κ3) is 30.3. The van der Waals surface area contributed by atoms with Gasteiger partial charge < -0.3 is 68.3 Å². The lowest BCUT2D eigenvalue weighted by Crippen LogP contribution is -2.66. The monoisotopic (exact) mass is 1230 g/mol. The highest BCUT2D eigenvalue weighted by Crippen LogP contribution is 2.23. The largest absolute Gasteiger partial charge is 0.395 e. The summed E-state index contributed by atoms with van der Waals surface area (Å²) in [5.74, 6) is -6.63. The van der Waals surface area contributed by atoms with Gasteiger partial charge in [-0.3, -0.25) is 52.7 Å². The smallest absolute Gasteiger partial charge is 0.246 e. The lowest BCUT2D eigenvalue weighted by Gasteiger charge is -2.35. The van der Waals surface area contributed by atoms with Crippen LogP contribution >= 0.6 is 0 Å². The molecule has 0 bridgehead atoms. The Morgan fingerprint density at radius 2 is 1.08 bits per heavy atom. The first-order valence-electron chi connectivity index (χ1n) is 32.1. The molecule has 500 valence electrons. The normalized spacial score (nSPS) is 16.5. The van der Waals surface area contributed by atoms with Gasteiger partial charge in [0.2, 0.25) is 59.1 Å². The second-order valence-electron chi connectivity index (χ2n) is 26.7. The average molecular weight is 1230 g/mol. The minimum Gasteiger partial charge on any atom is -0.395 e. The van der Waals surface area contributed by atoms with Crippen molar-refractivity contribution in [2.75, 3.05) is 32.8 Å². The highest BCUT2D eigenvalue weighted by molar-refractivity contribution is 6.00. The van der Waals surface area contributed by atoms with E-state index >= 15 is 0 Å². The zero-order chi connectivity index (χ0) is 66.4. The third-order valence-electron chi connectivity index (χ3n) is 15.4. The number of carbonyl (C=O) groups is 11. The van der Waals surface area contributed by atoms with Crippen LogP contribution in [-0.2, 0) is 52.7 Å². The molecule has 10 amide bonds. The number of amides is 10. The Balaban J connectivity index is 3.42. The summed E-state index contributed by atoms with van der Waals surface area (Å²) in [7, 11) is 0. The molecule has 12 N–H and O–H groups in total. The molecule has 24 heteroatoms. The molecule has 0 spiro atoms. The van der Waals surface area contributed by atoms with Crippen LogP contribution in [0, 0.1) is 23.7 Å². The summed E-state index contributed by atoms with van der Waals surface area (Å²) in [6.07, 6.45) is 6.33. The lowest BCUT2D eigenvalue weighted by atomic mass is 9.92.